The van der Waals surface area contributed by atoms with E-state index in [4.69, 9.17) is 0 Å². The standard InChI is InChI=1S/C21H17F4N3O3/c1-13(20(30)26-12-14-2-8-17(9-3-14)31-21(23,24)25)28-19(29)11-10-18(27-28)15-4-6-16(22)7-5-15/h2-11,13H,12H2,1H3,(H,26,30). The lowest BCUT2D eigenvalue weighted by atomic mass is 10.1. The maximum absolute atomic E-state index is 13.1. The number of carbonyl (C=O) groups excluding carboxylic acids is 1. The van der Waals surface area contributed by atoms with Crippen molar-refractivity contribution in [2.75, 3.05) is 0 Å². The van der Waals surface area contributed by atoms with Gasteiger partial charge in [0.25, 0.3) is 5.56 Å². The van der Waals surface area contributed by atoms with Crippen molar-refractivity contribution in [1.82, 2.24) is 15.1 Å². The third-order valence-corrected chi connectivity index (χ3v) is 4.34. The summed E-state index contributed by atoms with van der Waals surface area (Å²) in [5, 5.41) is 6.80. The van der Waals surface area contributed by atoms with Crippen molar-refractivity contribution in [2.45, 2.75) is 25.9 Å². The molecule has 0 spiro atoms. The van der Waals surface area contributed by atoms with E-state index in [0.29, 0.717) is 16.8 Å². The summed E-state index contributed by atoms with van der Waals surface area (Å²) in [6, 6.07) is 12.3. The summed E-state index contributed by atoms with van der Waals surface area (Å²) in [4.78, 5) is 24.7. The summed E-state index contributed by atoms with van der Waals surface area (Å²) in [7, 11) is 0. The van der Waals surface area contributed by atoms with Crippen LogP contribution in [0.3, 0.4) is 0 Å². The van der Waals surface area contributed by atoms with E-state index in [-0.39, 0.29) is 12.3 Å². The molecule has 0 aliphatic heterocycles. The molecule has 2 aromatic carbocycles. The van der Waals surface area contributed by atoms with Gasteiger partial charge < -0.3 is 10.1 Å². The topological polar surface area (TPSA) is 73.2 Å². The van der Waals surface area contributed by atoms with Crippen LogP contribution in [0.4, 0.5) is 17.6 Å². The Balaban J connectivity index is 1.68. The Morgan fingerprint density at radius 2 is 1.71 bits per heavy atom. The molecule has 1 aromatic heterocycles. The molecule has 3 rings (SSSR count). The average molecular weight is 435 g/mol. The largest absolute Gasteiger partial charge is 0.573 e. The first kappa shape index (κ1) is 22.0. The summed E-state index contributed by atoms with van der Waals surface area (Å²) in [6.45, 7) is 1.51. The maximum Gasteiger partial charge on any atom is 0.573 e. The normalized spacial score (nSPS) is 12.3. The average Bonchev–Trinajstić information content (AvgIpc) is 2.72. The highest BCUT2D eigenvalue weighted by molar-refractivity contribution is 5.79. The highest BCUT2D eigenvalue weighted by Crippen LogP contribution is 2.22. The van der Waals surface area contributed by atoms with Crippen LogP contribution in [-0.2, 0) is 11.3 Å². The highest BCUT2D eigenvalue weighted by atomic mass is 19.4. The number of ether oxygens (including phenoxy) is 1. The summed E-state index contributed by atoms with van der Waals surface area (Å²) in [5.74, 6) is -1.30. The quantitative estimate of drug-likeness (QED) is 0.598. The monoisotopic (exact) mass is 435 g/mol. The lowest BCUT2D eigenvalue weighted by Crippen LogP contribution is -2.36. The Labute approximate surface area is 174 Å². The minimum Gasteiger partial charge on any atom is -0.406 e. The molecule has 0 bridgehead atoms. The van der Waals surface area contributed by atoms with E-state index in [0.717, 1.165) is 16.8 Å². The summed E-state index contributed by atoms with van der Waals surface area (Å²) < 4.78 is 54.5. The molecule has 1 atom stereocenters. The number of hydrogen-bond acceptors (Lipinski definition) is 4. The van der Waals surface area contributed by atoms with Gasteiger partial charge in [0, 0.05) is 18.2 Å². The molecule has 10 heteroatoms. The second-order valence-electron chi connectivity index (χ2n) is 6.59. The van der Waals surface area contributed by atoms with Gasteiger partial charge in [0.2, 0.25) is 5.91 Å². The first-order valence-corrected chi connectivity index (χ1v) is 9.10. The van der Waals surface area contributed by atoms with Gasteiger partial charge in [0.1, 0.15) is 17.6 Å². The van der Waals surface area contributed by atoms with Crippen LogP contribution in [0.5, 0.6) is 5.75 Å². The predicted octanol–water partition coefficient (Wildman–Crippen LogP) is 3.83. The highest BCUT2D eigenvalue weighted by Gasteiger charge is 2.31. The first-order valence-electron chi connectivity index (χ1n) is 9.10. The predicted molar refractivity (Wildman–Crippen MR) is 104 cm³/mol. The van der Waals surface area contributed by atoms with Crippen LogP contribution < -0.4 is 15.6 Å². The zero-order chi connectivity index (χ0) is 22.6. The number of carbonyl (C=O) groups is 1. The van der Waals surface area contributed by atoms with Crippen LogP contribution in [0.25, 0.3) is 11.3 Å². The minimum absolute atomic E-state index is 0.0296. The van der Waals surface area contributed by atoms with E-state index in [1.807, 2.05) is 0 Å². The number of halogens is 4. The third kappa shape index (κ3) is 5.91. The summed E-state index contributed by atoms with van der Waals surface area (Å²) in [5.41, 5.74) is 1.00. The molecule has 0 aliphatic rings. The van der Waals surface area contributed by atoms with Crippen molar-refractivity contribution in [3.05, 3.63) is 82.4 Å². The molecular weight excluding hydrogens is 418 g/mol. The van der Waals surface area contributed by atoms with Crippen molar-refractivity contribution in [3.8, 4) is 17.0 Å². The summed E-state index contributed by atoms with van der Waals surface area (Å²) in [6.07, 6.45) is -4.78. The van der Waals surface area contributed by atoms with Gasteiger partial charge in [-0.3, -0.25) is 9.59 Å². The smallest absolute Gasteiger partial charge is 0.406 e. The second kappa shape index (κ2) is 8.99. The zero-order valence-electron chi connectivity index (χ0n) is 16.2. The van der Waals surface area contributed by atoms with E-state index in [2.05, 4.69) is 15.2 Å². The number of rotatable bonds is 6. The molecule has 162 valence electrons. The van der Waals surface area contributed by atoms with Gasteiger partial charge in [-0.1, -0.05) is 12.1 Å². The fourth-order valence-corrected chi connectivity index (χ4v) is 2.73. The van der Waals surface area contributed by atoms with Crippen molar-refractivity contribution in [2.24, 2.45) is 0 Å². The second-order valence-corrected chi connectivity index (χ2v) is 6.59. The van der Waals surface area contributed by atoms with E-state index >= 15 is 0 Å². The minimum atomic E-state index is -4.78. The first-order chi connectivity index (χ1) is 14.6. The molecule has 0 fully saturated rings. The Hall–Kier alpha value is -3.69. The van der Waals surface area contributed by atoms with Gasteiger partial charge in [-0.05, 0) is 55.0 Å². The third-order valence-electron chi connectivity index (χ3n) is 4.34. The van der Waals surface area contributed by atoms with Crippen LogP contribution in [0.2, 0.25) is 0 Å². The number of alkyl halides is 3. The molecule has 6 nitrogen and oxygen atoms in total. The van der Waals surface area contributed by atoms with Gasteiger partial charge in [0.05, 0.1) is 5.69 Å². The molecule has 1 heterocycles. The Kier molecular flexibility index (Phi) is 6.38. The molecular formula is C21H17F4N3O3. The molecule has 3 aromatic rings. The number of nitrogens with zero attached hydrogens (tertiary/aromatic N) is 2. The number of amides is 1. The number of benzene rings is 2. The van der Waals surface area contributed by atoms with E-state index < -0.39 is 29.7 Å². The van der Waals surface area contributed by atoms with E-state index in [1.54, 1.807) is 0 Å². The van der Waals surface area contributed by atoms with Crippen LogP contribution in [0, 0.1) is 5.82 Å². The van der Waals surface area contributed by atoms with Gasteiger partial charge >= 0.3 is 6.36 Å². The Morgan fingerprint density at radius 1 is 1.06 bits per heavy atom. The fourth-order valence-electron chi connectivity index (χ4n) is 2.73. The molecule has 1 amide bonds. The Bertz CT molecular complexity index is 1110. The van der Waals surface area contributed by atoms with Crippen LogP contribution >= 0.6 is 0 Å². The maximum atomic E-state index is 13.1. The van der Waals surface area contributed by atoms with Crippen molar-refractivity contribution >= 4 is 5.91 Å². The number of hydrogen-bond donors (Lipinski definition) is 1. The van der Waals surface area contributed by atoms with E-state index in [9.17, 15) is 27.2 Å². The molecule has 31 heavy (non-hydrogen) atoms. The van der Waals surface area contributed by atoms with Crippen molar-refractivity contribution < 1.29 is 27.1 Å². The van der Waals surface area contributed by atoms with Crippen LogP contribution in [0.15, 0.2) is 65.5 Å². The van der Waals surface area contributed by atoms with Crippen LogP contribution in [-0.4, -0.2) is 22.1 Å². The molecule has 0 saturated heterocycles. The molecule has 0 radical (unpaired) electrons. The SMILES string of the molecule is CC(C(=O)NCc1ccc(OC(F)(F)F)cc1)n1nc(-c2ccc(F)cc2)ccc1=O. The summed E-state index contributed by atoms with van der Waals surface area (Å²) >= 11 is 0. The zero-order valence-corrected chi connectivity index (χ0v) is 16.2. The molecule has 1 N–H and O–H groups in total. The lowest BCUT2D eigenvalue weighted by molar-refractivity contribution is -0.274. The van der Waals surface area contributed by atoms with Gasteiger partial charge in [-0.2, -0.15) is 5.10 Å². The van der Waals surface area contributed by atoms with Crippen molar-refractivity contribution in [1.29, 1.82) is 0 Å². The number of aromatic nitrogens is 2. The van der Waals surface area contributed by atoms with Crippen molar-refractivity contribution in [3.63, 3.8) is 0 Å². The lowest BCUT2D eigenvalue weighted by Gasteiger charge is -2.15. The van der Waals surface area contributed by atoms with Crippen LogP contribution in [0.1, 0.15) is 18.5 Å². The molecule has 0 aliphatic carbocycles. The number of nitrogens with one attached hydrogen (secondary N) is 1. The van der Waals surface area contributed by atoms with Gasteiger partial charge in [0.15, 0.2) is 0 Å². The fraction of sp³-hybridized carbons (Fsp3) is 0.190. The van der Waals surface area contributed by atoms with Gasteiger partial charge in [-0.15, -0.1) is 13.2 Å². The molecule has 0 saturated carbocycles. The van der Waals surface area contributed by atoms with Gasteiger partial charge in [-0.25, -0.2) is 9.07 Å². The van der Waals surface area contributed by atoms with E-state index in [1.165, 1.54) is 55.5 Å². The Morgan fingerprint density at radius 3 is 2.32 bits per heavy atom. The molecule has 1 unspecified atom stereocenters.